The van der Waals surface area contributed by atoms with E-state index in [1.807, 2.05) is 30.3 Å². The fourth-order valence-corrected chi connectivity index (χ4v) is 6.08. The van der Waals surface area contributed by atoms with E-state index in [1.165, 1.54) is 43.2 Å². The molecule has 1 N–H and O–H groups in total. The largest absolute Gasteiger partial charge is 0.507 e. The van der Waals surface area contributed by atoms with E-state index in [0.717, 1.165) is 11.5 Å². The fourth-order valence-electron chi connectivity index (χ4n) is 6.08. The van der Waals surface area contributed by atoms with Crippen LogP contribution in [0, 0.1) is 17.8 Å². The molecule has 1 nitrogen and oxygen atoms in total. The van der Waals surface area contributed by atoms with Crippen molar-refractivity contribution in [2.45, 2.75) is 37.5 Å². The van der Waals surface area contributed by atoms with Gasteiger partial charge < -0.3 is 5.11 Å². The summed E-state index contributed by atoms with van der Waals surface area (Å²) < 4.78 is 0. The maximum absolute atomic E-state index is 11.0. The third-order valence-corrected chi connectivity index (χ3v) is 6.78. The molecule has 122 valence electrons. The van der Waals surface area contributed by atoms with Crippen LogP contribution in [0.4, 0.5) is 0 Å². The van der Waals surface area contributed by atoms with Gasteiger partial charge in [-0.2, -0.15) is 0 Å². The molecule has 2 aromatic carbocycles. The van der Waals surface area contributed by atoms with Crippen LogP contribution in [0.15, 0.2) is 66.2 Å². The van der Waals surface area contributed by atoms with E-state index in [0.29, 0.717) is 23.0 Å². The summed E-state index contributed by atoms with van der Waals surface area (Å²) in [4.78, 5) is 0. The molecule has 0 radical (unpaired) electrons. The van der Waals surface area contributed by atoms with Gasteiger partial charge in [0.15, 0.2) is 0 Å². The molecule has 4 saturated carbocycles. The number of allylic oxidation sites excluding steroid dienone is 1. The average Bonchev–Trinajstić information content (AvgIpc) is 2.62. The predicted octanol–water partition coefficient (Wildman–Crippen LogP) is 5.73. The van der Waals surface area contributed by atoms with Crippen molar-refractivity contribution in [3.8, 4) is 0 Å². The zero-order valence-electron chi connectivity index (χ0n) is 14.0. The van der Waals surface area contributed by atoms with Crippen molar-refractivity contribution in [2.24, 2.45) is 17.8 Å². The molecule has 4 fully saturated rings. The molecule has 0 aliphatic heterocycles. The Morgan fingerprint density at radius 3 is 2.00 bits per heavy atom. The Morgan fingerprint density at radius 1 is 0.792 bits per heavy atom. The average molecular weight is 316 g/mol. The van der Waals surface area contributed by atoms with Gasteiger partial charge in [-0.25, -0.2) is 0 Å². The first-order valence-electron chi connectivity index (χ1n) is 9.29. The molecule has 4 atom stereocenters. The first kappa shape index (κ1) is 14.3. The van der Waals surface area contributed by atoms with E-state index in [9.17, 15) is 5.11 Å². The maximum atomic E-state index is 11.0. The predicted molar refractivity (Wildman–Crippen MR) is 97.7 cm³/mol. The zero-order valence-corrected chi connectivity index (χ0v) is 14.0. The summed E-state index contributed by atoms with van der Waals surface area (Å²) in [5, 5.41) is 11.0. The second kappa shape index (κ2) is 5.24. The highest BCUT2D eigenvalue weighted by molar-refractivity contribution is 5.64. The molecule has 4 aliphatic carbocycles. The van der Waals surface area contributed by atoms with Crippen LogP contribution in [-0.4, -0.2) is 5.11 Å². The number of aliphatic hydroxyl groups is 1. The monoisotopic (exact) mass is 316 g/mol. The van der Waals surface area contributed by atoms with Crippen molar-refractivity contribution in [3.63, 3.8) is 0 Å². The topological polar surface area (TPSA) is 20.2 Å². The number of rotatable bonds is 2. The van der Waals surface area contributed by atoms with Crippen LogP contribution in [0.25, 0.3) is 5.76 Å². The smallest absolute Gasteiger partial charge is 0.122 e. The highest BCUT2D eigenvalue weighted by Crippen LogP contribution is 2.63. The summed E-state index contributed by atoms with van der Waals surface area (Å²) in [7, 11) is 0. The minimum Gasteiger partial charge on any atom is -0.507 e. The highest BCUT2D eigenvalue weighted by atomic mass is 16.3. The lowest BCUT2D eigenvalue weighted by Gasteiger charge is -2.58. The Labute approximate surface area is 144 Å². The van der Waals surface area contributed by atoms with E-state index in [-0.39, 0.29) is 0 Å². The van der Waals surface area contributed by atoms with Crippen molar-refractivity contribution in [1.29, 1.82) is 0 Å². The summed E-state index contributed by atoms with van der Waals surface area (Å²) in [6, 6.07) is 21.3. The van der Waals surface area contributed by atoms with Gasteiger partial charge in [0.2, 0.25) is 0 Å². The molecule has 0 saturated heterocycles. The number of hydrogen-bond donors (Lipinski definition) is 1. The normalized spacial score (nSPS) is 35.9. The number of hydrogen-bond acceptors (Lipinski definition) is 1. The van der Waals surface area contributed by atoms with Crippen LogP contribution in [0.5, 0.6) is 0 Å². The quantitative estimate of drug-likeness (QED) is 0.701. The van der Waals surface area contributed by atoms with Crippen LogP contribution >= 0.6 is 0 Å². The Morgan fingerprint density at radius 2 is 1.38 bits per heavy atom. The van der Waals surface area contributed by atoms with Gasteiger partial charge in [-0.15, -0.1) is 0 Å². The van der Waals surface area contributed by atoms with Crippen molar-refractivity contribution < 1.29 is 5.11 Å². The Balaban J connectivity index is 1.57. The van der Waals surface area contributed by atoms with Gasteiger partial charge in [-0.05, 0) is 66.4 Å². The molecule has 0 aromatic heterocycles. The van der Waals surface area contributed by atoms with Crippen LogP contribution in [0.2, 0.25) is 0 Å². The summed E-state index contributed by atoms with van der Waals surface area (Å²) in [6.45, 7) is 0. The first-order chi connectivity index (χ1) is 11.8. The Kier molecular flexibility index (Phi) is 3.13. The molecule has 4 bridgehead atoms. The molecule has 1 heteroatoms. The molecule has 24 heavy (non-hydrogen) atoms. The lowest BCUT2D eigenvalue weighted by Crippen LogP contribution is -2.50. The first-order valence-corrected chi connectivity index (χ1v) is 9.29. The van der Waals surface area contributed by atoms with Crippen molar-refractivity contribution in [3.05, 3.63) is 77.4 Å². The van der Waals surface area contributed by atoms with Gasteiger partial charge >= 0.3 is 0 Å². The van der Waals surface area contributed by atoms with E-state index in [4.69, 9.17) is 0 Å². The summed E-state index contributed by atoms with van der Waals surface area (Å²) in [5.74, 6) is 2.55. The SMILES string of the molecule is OC(=C1[C@@H]2CC3C[C@H]1CC(c1ccccc1)(C3)C2)c1ccccc1. The van der Waals surface area contributed by atoms with Crippen molar-refractivity contribution in [2.75, 3.05) is 0 Å². The number of aliphatic hydroxyl groups excluding tert-OH is 1. The second-order valence-electron chi connectivity index (χ2n) is 8.16. The van der Waals surface area contributed by atoms with Crippen LogP contribution < -0.4 is 0 Å². The van der Waals surface area contributed by atoms with E-state index in [1.54, 1.807) is 0 Å². The van der Waals surface area contributed by atoms with E-state index in [2.05, 4.69) is 30.3 Å². The Bertz CT molecular complexity index is 756. The van der Waals surface area contributed by atoms with E-state index >= 15 is 0 Å². The third kappa shape index (κ3) is 2.07. The molecule has 2 aromatic rings. The van der Waals surface area contributed by atoms with Gasteiger partial charge in [0.1, 0.15) is 5.76 Å². The van der Waals surface area contributed by atoms with Crippen molar-refractivity contribution in [1.82, 2.24) is 0 Å². The van der Waals surface area contributed by atoms with Gasteiger partial charge in [0, 0.05) is 5.56 Å². The van der Waals surface area contributed by atoms with Gasteiger partial charge in [-0.1, -0.05) is 60.7 Å². The van der Waals surface area contributed by atoms with Crippen LogP contribution in [0.3, 0.4) is 0 Å². The fraction of sp³-hybridized carbons (Fsp3) is 0.391. The van der Waals surface area contributed by atoms with Gasteiger partial charge in [0.05, 0.1) is 0 Å². The summed E-state index contributed by atoms with van der Waals surface area (Å²) in [5.41, 5.74) is 4.25. The van der Waals surface area contributed by atoms with Gasteiger partial charge in [0.25, 0.3) is 0 Å². The lowest BCUT2D eigenvalue weighted by atomic mass is 9.46. The highest BCUT2D eigenvalue weighted by Gasteiger charge is 2.54. The third-order valence-electron chi connectivity index (χ3n) is 6.78. The molecule has 4 aliphatic rings. The minimum atomic E-state index is 0.359. The zero-order chi connectivity index (χ0) is 16.1. The Hall–Kier alpha value is -2.02. The standard InChI is InChI=1S/C23H24O/c24-22(17-7-3-1-4-8-17)21-18-11-16-12-19(21)15-23(13-16,14-18)20-9-5-2-6-10-20/h1-10,16,18-19,24H,11-15H2/t16?,18-,19+,23?. The van der Waals surface area contributed by atoms with Gasteiger partial charge in [-0.3, -0.25) is 0 Å². The maximum Gasteiger partial charge on any atom is 0.122 e. The minimum absolute atomic E-state index is 0.359. The molecule has 2 unspecified atom stereocenters. The molecule has 0 spiro atoms. The second-order valence-corrected chi connectivity index (χ2v) is 8.16. The van der Waals surface area contributed by atoms with Crippen LogP contribution in [0.1, 0.15) is 43.2 Å². The summed E-state index contributed by atoms with van der Waals surface area (Å²) >= 11 is 0. The number of benzene rings is 2. The summed E-state index contributed by atoms with van der Waals surface area (Å²) in [6.07, 6.45) is 6.34. The molecule has 6 rings (SSSR count). The molecular formula is C23H24O. The van der Waals surface area contributed by atoms with Crippen molar-refractivity contribution >= 4 is 5.76 Å². The molecular weight excluding hydrogens is 292 g/mol. The molecule has 0 heterocycles. The van der Waals surface area contributed by atoms with Crippen LogP contribution in [-0.2, 0) is 5.41 Å². The molecule has 0 amide bonds. The van der Waals surface area contributed by atoms with E-state index < -0.39 is 0 Å². The lowest BCUT2D eigenvalue weighted by molar-refractivity contribution is 0.0392.